The standard InChI is InChI=1S/C17H16F2N4O2/c1-17(2)8-23(16(25)9-3-4-12(18)13(19)5-9)7-11(15(20)24)10-6-21-22-14(10)17/h3-7H,8H2,1-2H3,(H2,20,24)(H,21,22). The predicted octanol–water partition coefficient (Wildman–Crippen LogP) is 1.95. The topological polar surface area (TPSA) is 92.1 Å². The van der Waals surface area contributed by atoms with E-state index in [1.807, 2.05) is 13.8 Å². The first-order valence-corrected chi connectivity index (χ1v) is 7.52. The molecule has 0 bridgehead atoms. The SMILES string of the molecule is CC1(C)CN(C(=O)c2ccc(F)c(F)c2)C=C(C(N)=O)c2cn[nH]c21. The number of aromatic nitrogens is 2. The van der Waals surface area contributed by atoms with Crippen molar-refractivity contribution in [1.29, 1.82) is 0 Å². The molecule has 0 spiro atoms. The van der Waals surface area contributed by atoms with Gasteiger partial charge in [-0.3, -0.25) is 14.7 Å². The fraction of sp³-hybridized carbons (Fsp3) is 0.235. The Hall–Kier alpha value is -3.03. The highest BCUT2D eigenvalue weighted by Crippen LogP contribution is 2.33. The Bertz CT molecular complexity index is 902. The zero-order chi connectivity index (χ0) is 18.4. The van der Waals surface area contributed by atoms with Crippen molar-refractivity contribution in [3.63, 3.8) is 0 Å². The van der Waals surface area contributed by atoms with E-state index in [9.17, 15) is 18.4 Å². The minimum Gasteiger partial charge on any atom is -0.366 e. The molecule has 1 aliphatic rings. The Labute approximate surface area is 142 Å². The minimum absolute atomic E-state index is 0.0292. The zero-order valence-electron chi connectivity index (χ0n) is 13.6. The number of benzene rings is 1. The Kier molecular flexibility index (Phi) is 3.90. The van der Waals surface area contributed by atoms with E-state index in [0.29, 0.717) is 11.3 Å². The van der Waals surface area contributed by atoms with Crippen molar-refractivity contribution < 1.29 is 18.4 Å². The van der Waals surface area contributed by atoms with Gasteiger partial charge in [-0.2, -0.15) is 5.10 Å². The Balaban J connectivity index is 2.08. The van der Waals surface area contributed by atoms with Gasteiger partial charge in [-0.1, -0.05) is 13.8 Å². The van der Waals surface area contributed by atoms with Crippen molar-refractivity contribution in [2.75, 3.05) is 6.54 Å². The summed E-state index contributed by atoms with van der Waals surface area (Å²) in [5.41, 5.74) is 6.14. The number of hydrogen-bond acceptors (Lipinski definition) is 3. The number of H-pyrrole nitrogens is 1. The van der Waals surface area contributed by atoms with E-state index in [0.717, 1.165) is 12.1 Å². The smallest absolute Gasteiger partial charge is 0.257 e. The van der Waals surface area contributed by atoms with Gasteiger partial charge in [0.25, 0.3) is 11.8 Å². The second-order valence-corrected chi connectivity index (χ2v) is 6.51. The molecule has 2 heterocycles. The minimum atomic E-state index is -1.12. The zero-order valence-corrected chi connectivity index (χ0v) is 13.6. The fourth-order valence-corrected chi connectivity index (χ4v) is 2.90. The van der Waals surface area contributed by atoms with E-state index in [1.165, 1.54) is 23.4 Å². The highest BCUT2D eigenvalue weighted by atomic mass is 19.2. The van der Waals surface area contributed by atoms with E-state index in [4.69, 9.17) is 5.73 Å². The monoisotopic (exact) mass is 346 g/mol. The molecule has 8 heteroatoms. The molecule has 2 amide bonds. The van der Waals surface area contributed by atoms with Crippen molar-refractivity contribution in [2.24, 2.45) is 5.73 Å². The van der Waals surface area contributed by atoms with Crippen molar-refractivity contribution in [3.05, 3.63) is 59.1 Å². The van der Waals surface area contributed by atoms with Crippen LogP contribution in [-0.4, -0.2) is 33.5 Å². The molecule has 2 aromatic rings. The number of nitrogens with one attached hydrogen (secondary N) is 1. The number of fused-ring (bicyclic) bond motifs is 1. The number of halogens is 2. The predicted molar refractivity (Wildman–Crippen MR) is 86.2 cm³/mol. The fourth-order valence-electron chi connectivity index (χ4n) is 2.90. The maximum absolute atomic E-state index is 13.5. The van der Waals surface area contributed by atoms with Gasteiger partial charge in [-0.15, -0.1) is 0 Å². The largest absolute Gasteiger partial charge is 0.366 e. The van der Waals surface area contributed by atoms with Crippen LogP contribution in [0.1, 0.15) is 35.5 Å². The van der Waals surface area contributed by atoms with Crippen molar-refractivity contribution in [1.82, 2.24) is 15.1 Å². The van der Waals surface area contributed by atoms with Gasteiger partial charge in [0.2, 0.25) is 0 Å². The van der Waals surface area contributed by atoms with Crippen molar-refractivity contribution in [2.45, 2.75) is 19.3 Å². The molecule has 1 aliphatic heterocycles. The summed E-state index contributed by atoms with van der Waals surface area (Å²) < 4.78 is 26.6. The number of aromatic amines is 1. The Morgan fingerprint density at radius 2 is 2.00 bits per heavy atom. The number of primary amides is 1. The van der Waals surface area contributed by atoms with Crippen molar-refractivity contribution in [3.8, 4) is 0 Å². The maximum Gasteiger partial charge on any atom is 0.257 e. The van der Waals surface area contributed by atoms with E-state index in [1.54, 1.807) is 0 Å². The van der Waals surface area contributed by atoms with Crippen LogP contribution >= 0.6 is 0 Å². The van der Waals surface area contributed by atoms with Crippen LogP contribution < -0.4 is 5.73 Å². The molecule has 3 rings (SSSR count). The average Bonchev–Trinajstić information content (AvgIpc) is 2.99. The summed E-state index contributed by atoms with van der Waals surface area (Å²) in [6.07, 6.45) is 2.80. The van der Waals surface area contributed by atoms with Crippen LogP contribution in [-0.2, 0) is 10.2 Å². The van der Waals surface area contributed by atoms with Gasteiger partial charge in [-0.25, -0.2) is 8.78 Å². The van der Waals surface area contributed by atoms with E-state index in [-0.39, 0.29) is 17.7 Å². The lowest BCUT2D eigenvalue weighted by Gasteiger charge is -2.28. The second-order valence-electron chi connectivity index (χ2n) is 6.51. The van der Waals surface area contributed by atoms with Crippen LogP contribution in [0.3, 0.4) is 0 Å². The lowest BCUT2D eigenvalue weighted by molar-refractivity contribution is -0.112. The van der Waals surface area contributed by atoms with Crippen LogP contribution in [0.2, 0.25) is 0 Å². The molecule has 0 saturated carbocycles. The first-order valence-electron chi connectivity index (χ1n) is 7.52. The molecular formula is C17H16F2N4O2. The third kappa shape index (κ3) is 2.90. The molecule has 0 atom stereocenters. The van der Waals surface area contributed by atoms with Crippen LogP contribution in [0.25, 0.3) is 5.57 Å². The first-order chi connectivity index (χ1) is 11.7. The molecule has 3 N–H and O–H groups in total. The summed E-state index contributed by atoms with van der Waals surface area (Å²) in [5.74, 6) is -3.44. The number of carbonyl (C=O) groups excluding carboxylic acids is 2. The van der Waals surface area contributed by atoms with Gasteiger partial charge < -0.3 is 10.6 Å². The molecule has 0 aliphatic carbocycles. The number of rotatable bonds is 2. The van der Waals surface area contributed by atoms with E-state index >= 15 is 0 Å². The summed E-state index contributed by atoms with van der Waals surface area (Å²) in [4.78, 5) is 25.9. The number of nitrogens with zero attached hydrogens (tertiary/aromatic N) is 2. The second kappa shape index (κ2) is 5.80. The molecule has 0 saturated heterocycles. The van der Waals surface area contributed by atoms with Crippen molar-refractivity contribution >= 4 is 17.4 Å². The highest BCUT2D eigenvalue weighted by molar-refractivity contribution is 6.19. The molecule has 130 valence electrons. The quantitative estimate of drug-likeness (QED) is 0.870. The lowest BCUT2D eigenvalue weighted by atomic mass is 9.86. The Morgan fingerprint density at radius 1 is 1.28 bits per heavy atom. The molecule has 6 nitrogen and oxygen atoms in total. The normalized spacial score (nSPS) is 16.0. The summed E-state index contributed by atoms with van der Waals surface area (Å²) in [6.45, 7) is 3.93. The molecule has 0 unspecified atom stereocenters. The summed E-state index contributed by atoms with van der Waals surface area (Å²) in [5, 5.41) is 6.80. The Morgan fingerprint density at radius 3 is 2.64 bits per heavy atom. The molecular weight excluding hydrogens is 330 g/mol. The number of carbonyl (C=O) groups is 2. The van der Waals surface area contributed by atoms with E-state index in [2.05, 4.69) is 10.2 Å². The van der Waals surface area contributed by atoms with Crippen LogP contribution in [0.4, 0.5) is 8.78 Å². The molecule has 1 aromatic carbocycles. The average molecular weight is 346 g/mol. The van der Waals surface area contributed by atoms with Gasteiger partial charge in [0.15, 0.2) is 11.6 Å². The van der Waals surface area contributed by atoms with Crippen LogP contribution in [0.5, 0.6) is 0 Å². The molecule has 1 aromatic heterocycles. The molecule has 0 radical (unpaired) electrons. The van der Waals surface area contributed by atoms with Crippen LogP contribution in [0.15, 0.2) is 30.6 Å². The molecule has 25 heavy (non-hydrogen) atoms. The summed E-state index contributed by atoms with van der Waals surface area (Å²) in [6, 6.07) is 2.90. The third-order valence-electron chi connectivity index (χ3n) is 4.15. The third-order valence-corrected chi connectivity index (χ3v) is 4.15. The number of amides is 2. The lowest BCUT2D eigenvalue weighted by Crippen LogP contribution is -2.37. The van der Waals surface area contributed by atoms with Gasteiger partial charge in [0.1, 0.15) is 0 Å². The first kappa shape index (κ1) is 16.8. The number of hydrogen-bond donors (Lipinski definition) is 2. The highest BCUT2D eigenvalue weighted by Gasteiger charge is 2.35. The van der Waals surface area contributed by atoms with Crippen LogP contribution in [0, 0.1) is 11.6 Å². The van der Waals surface area contributed by atoms with Gasteiger partial charge in [0.05, 0.1) is 17.5 Å². The molecule has 0 fully saturated rings. The maximum atomic E-state index is 13.5. The summed E-state index contributed by atoms with van der Waals surface area (Å²) in [7, 11) is 0. The summed E-state index contributed by atoms with van der Waals surface area (Å²) >= 11 is 0. The van der Waals surface area contributed by atoms with Gasteiger partial charge in [-0.05, 0) is 18.2 Å². The number of nitrogens with two attached hydrogens (primary N) is 1. The van der Waals surface area contributed by atoms with E-state index < -0.39 is 28.9 Å². The van der Waals surface area contributed by atoms with Gasteiger partial charge >= 0.3 is 0 Å². The van der Waals surface area contributed by atoms with Gasteiger partial charge in [0, 0.05) is 29.3 Å².